The van der Waals surface area contributed by atoms with Crippen molar-refractivity contribution in [3.63, 3.8) is 0 Å². The molecule has 10 nitrogen and oxygen atoms in total. The third kappa shape index (κ3) is 5.89. The highest BCUT2D eigenvalue weighted by Crippen LogP contribution is 2.33. The Morgan fingerprint density at radius 2 is 1.89 bits per heavy atom. The second-order valence-corrected chi connectivity index (χ2v) is 7.79. The number of anilines is 1. The van der Waals surface area contributed by atoms with Crippen molar-refractivity contribution in [1.29, 1.82) is 0 Å². The van der Waals surface area contributed by atoms with Crippen molar-refractivity contribution in [1.82, 2.24) is 29.6 Å². The van der Waals surface area contributed by atoms with E-state index in [0.717, 1.165) is 16.9 Å². The highest BCUT2D eigenvalue weighted by atomic mass is 19.4. The Morgan fingerprint density at radius 1 is 1.08 bits per heavy atom. The number of rotatable bonds is 7. The molecule has 2 N–H and O–H groups in total. The molecule has 0 aliphatic carbocycles. The number of pyridine rings is 3. The Bertz CT molecular complexity index is 1480. The molecule has 4 aromatic heterocycles. The van der Waals surface area contributed by atoms with E-state index < -0.39 is 17.8 Å². The first-order valence-corrected chi connectivity index (χ1v) is 10.9. The van der Waals surface area contributed by atoms with Crippen LogP contribution in [0.2, 0.25) is 0 Å². The van der Waals surface area contributed by atoms with E-state index in [9.17, 15) is 27.6 Å². The van der Waals surface area contributed by atoms with Crippen LogP contribution in [0.1, 0.15) is 22.5 Å². The van der Waals surface area contributed by atoms with Gasteiger partial charge in [-0.3, -0.25) is 19.4 Å². The number of halogens is 3. The first-order chi connectivity index (χ1) is 17.7. The number of hydrogen-bond donors (Lipinski definition) is 2. The van der Waals surface area contributed by atoms with Crippen LogP contribution in [-0.4, -0.2) is 43.2 Å². The average molecular weight is 511 g/mol. The fraction of sp³-hybridized carbons (Fsp3) is 0.167. The summed E-state index contributed by atoms with van der Waals surface area (Å²) in [6, 6.07) is 9.30. The summed E-state index contributed by atoms with van der Waals surface area (Å²) in [4.78, 5) is 44.1. The molecule has 4 aromatic rings. The number of alkyl halides is 3. The van der Waals surface area contributed by atoms with E-state index in [1.54, 1.807) is 12.1 Å². The summed E-state index contributed by atoms with van der Waals surface area (Å²) in [7, 11) is 1.48. The van der Waals surface area contributed by atoms with E-state index >= 15 is 0 Å². The molecule has 0 radical (unpaired) electrons. The van der Waals surface area contributed by atoms with Gasteiger partial charge >= 0.3 is 6.18 Å². The van der Waals surface area contributed by atoms with Gasteiger partial charge in [0.15, 0.2) is 0 Å². The Morgan fingerprint density at radius 3 is 2.54 bits per heavy atom. The number of aryl methyl sites for hydroxylation is 1. The van der Waals surface area contributed by atoms with Gasteiger partial charge in [0, 0.05) is 50.2 Å². The highest BCUT2D eigenvalue weighted by Gasteiger charge is 2.36. The first kappa shape index (κ1) is 25.3. The van der Waals surface area contributed by atoms with Crippen molar-refractivity contribution in [3.8, 4) is 16.9 Å². The maximum Gasteiger partial charge on any atom is 0.433 e. The highest BCUT2D eigenvalue weighted by molar-refractivity contribution is 6.03. The van der Waals surface area contributed by atoms with Gasteiger partial charge in [-0.1, -0.05) is 0 Å². The number of amides is 2. The molecule has 0 aromatic carbocycles. The van der Waals surface area contributed by atoms with Gasteiger partial charge in [0.2, 0.25) is 5.91 Å². The Kier molecular flexibility index (Phi) is 7.13. The molecule has 0 saturated carbocycles. The first-order valence-electron chi connectivity index (χ1n) is 10.9. The van der Waals surface area contributed by atoms with Gasteiger partial charge in [-0.25, -0.2) is 9.67 Å². The lowest BCUT2D eigenvalue weighted by Gasteiger charge is -2.11. The van der Waals surface area contributed by atoms with Gasteiger partial charge in [-0.15, -0.1) is 0 Å². The molecule has 0 fully saturated rings. The second kappa shape index (κ2) is 10.4. The van der Waals surface area contributed by atoms with Gasteiger partial charge in [-0.2, -0.15) is 18.3 Å². The van der Waals surface area contributed by atoms with Crippen molar-refractivity contribution in [2.45, 2.75) is 19.1 Å². The molecule has 0 unspecified atom stereocenters. The largest absolute Gasteiger partial charge is 0.433 e. The zero-order valence-electron chi connectivity index (χ0n) is 19.4. The topological polar surface area (TPSA) is 124 Å². The molecular formula is C24H20F3N7O3. The second-order valence-electron chi connectivity index (χ2n) is 7.79. The Hall–Kier alpha value is -4.81. The van der Waals surface area contributed by atoms with E-state index in [2.05, 4.69) is 25.7 Å². The SMILES string of the molecule is CNC(=O)CCn1cc(C(=O)Nc2ccc(-n3nc(-c4cccnc4)cc3C(F)(F)F)cn2)ccc1=O. The predicted octanol–water partition coefficient (Wildman–Crippen LogP) is 2.90. The number of nitrogens with zero attached hydrogens (tertiary/aromatic N) is 5. The summed E-state index contributed by atoms with van der Waals surface area (Å²) in [5.74, 6) is -0.780. The number of carbonyl (C=O) groups is 2. The maximum absolute atomic E-state index is 13.7. The van der Waals surface area contributed by atoms with Gasteiger partial charge in [0.1, 0.15) is 11.5 Å². The molecule has 0 spiro atoms. The molecule has 0 atom stereocenters. The summed E-state index contributed by atoms with van der Waals surface area (Å²) in [5.41, 5.74) is -0.708. The minimum atomic E-state index is -4.68. The summed E-state index contributed by atoms with van der Waals surface area (Å²) >= 11 is 0. The number of aromatic nitrogens is 5. The van der Waals surface area contributed by atoms with Crippen molar-refractivity contribution in [2.24, 2.45) is 0 Å². The van der Waals surface area contributed by atoms with Gasteiger partial charge in [0.25, 0.3) is 11.5 Å². The molecule has 4 rings (SSSR count). The van der Waals surface area contributed by atoms with Gasteiger partial charge in [0.05, 0.1) is 23.1 Å². The average Bonchev–Trinajstić information content (AvgIpc) is 3.35. The van der Waals surface area contributed by atoms with Crippen LogP contribution in [0.3, 0.4) is 0 Å². The van der Waals surface area contributed by atoms with Crippen LogP contribution < -0.4 is 16.2 Å². The third-order valence-corrected chi connectivity index (χ3v) is 5.30. The summed E-state index contributed by atoms with van der Waals surface area (Å²) in [5, 5.41) is 9.06. The van der Waals surface area contributed by atoms with Crippen LogP contribution in [0.5, 0.6) is 0 Å². The van der Waals surface area contributed by atoms with Crippen LogP contribution in [0.25, 0.3) is 16.9 Å². The lowest BCUT2D eigenvalue weighted by Crippen LogP contribution is -2.26. The van der Waals surface area contributed by atoms with Crippen LogP contribution in [0.4, 0.5) is 19.0 Å². The number of hydrogen-bond acceptors (Lipinski definition) is 6. The van der Waals surface area contributed by atoms with E-state index in [4.69, 9.17) is 0 Å². The molecule has 37 heavy (non-hydrogen) atoms. The molecule has 2 amide bonds. The number of carbonyl (C=O) groups excluding carboxylic acids is 2. The van der Waals surface area contributed by atoms with Crippen LogP contribution in [-0.2, 0) is 17.5 Å². The molecule has 4 heterocycles. The van der Waals surface area contributed by atoms with Crippen LogP contribution in [0, 0.1) is 0 Å². The molecule has 0 saturated heterocycles. The predicted molar refractivity (Wildman–Crippen MR) is 127 cm³/mol. The molecule has 190 valence electrons. The fourth-order valence-corrected chi connectivity index (χ4v) is 3.40. The minimum Gasteiger partial charge on any atom is -0.359 e. The van der Waals surface area contributed by atoms with Crippen LogP contribution >= 0.6 is 0 Å². The summed E-state index contributed by atoms with van der Waals surface area (Å²) < 4.78 is 43.0. The molecule has 0 bridgehead atoms. The molecule has 0 aliphatic rings. The van der Waals surface area contributed by atoms with E-state index in [0.29, 0.717) is 5.56 Å². The zero-order chi connectivity index (χ0) is 26.6. The Balaban J connectivity index is 1.54. The van der Waals surface area contributed by atoms with E-state index in [-0.39, 0.29) is 47.2 Å². The smallest absolute Gasteiger partial charge is 0.359 e. The quantitative estimate of drug-likeness (QED) is 0.393. The summed E-state index contributed by atoms with van der Waals surface area (Å²) in [6.07, 6.45) is 0.748. The van der Waals surface area contributed by atoms with E-state index in [1.807, 2.05) is 0 Å². The van der Waals surface area contributed by atoms with Crippen molar-refractivity contribution >= 4 is 17.6 Å². The van der Waals surface area contributed by atoms with Crippen molar-refractivity contribution in [3.05, 3.63) is 88.9 Å². The molecule has 13 heteroatoms. The van der Waals surface area contributed by atoms with Crippen molar-refractivity contribution < 1.29 is 22.8 Å². The standard InChI is InChI=1S/C24H20F3N7O3/c1-28-21(35)8-10-33-14-16(4-7-22(33)36)23(37)31-20-6-5-17(13-30-20)34-19(24(25,26)27)11-18(32-34)15-3-2-9-29-12-15/h2-7,9,11-14H,8,10H2,1H3,(H,28,35)(H,30,31,37). The maximum atomic E-state index is 13.7. The fourth-order valence-electron chi connectivity index (χ4n) is 3.40. The van der Waals surface area contributed by atoms with Gasteiger partial charge in [-0.05, 0) is 36.4 Å². The monoisotopic (exact) mass is 511 g/mol. The lowest BCUT2D eigenvalue weighted by molar-refractivity contribution is -0.142. The zero-order valence-corrected chi connectivity index (χ0v) is 19.4. The molecular weight excluding hydrogens is 491 g/mol. The number of nitrogens with one attached hydrogen (secondary N) is 2. The van der Waals surface area contributed by atoms with Crippen LogP contribution in [0.15, 0.2) is 72.0 Å². The summed E-state index contributed by atoms with van der Waals surface area (Å²) in [6.45, 7) is 0.0824. The normalized spacial score (nSPS) is 11.2. The van der Waals surface area contributed by atoms with E-state index in [1.165, 1.54) is 54.5 Å². The van der Waals surface area contributed by atoms with Gasteiger partial charge < -0.3 is 15.2 Å². The third-order valence-electron chi connectivity index (χ3n) is 5.30. The Labute approximate surface area is 207 Å². The van der Waals surface area contributed by atoms with Crippen molar-refractivity contribution in [2.75, 3.05) is 12.4 Å². The minimum absolute atomic E-state index is 0.0308. The lowest BCUT2D eigenvalue weighted by atomic mass is 10.2. The molecule has 0 aliphatic heterocycles.